The van der Waals surface area contributed by atoms with Gasteiger partial charge in [-0.1, -0.05) is 18.2 Å². The first-order valence-electron chi connectivity index (χ1n) is 10.3. The Morgan fingerprint density at radius 1 is 0.966 bits per heavy atom. The minimum absolute atomic E-state index is 0.119. The quantitative estimate of drug-likeness (QED) is 0.595. The topological polar surface area (TPSA) is 66.3 Å². The maximum Gasteiger partial charge on any atom is 0.225 e. The standard InChI is InChI=1S/C22H28N6O/c29-21(8-14-27-13-7-19-5-1-2-6-20(19)27)23-11-4-12-26-15-17-28(18-16-26)22-24-9-3-10-25-22/h1-3,5-7,9-10,13H,4,8,11-12,14-18H2,(H,23,29). The third-order valence-corrected chi connectivity index (χ3v) is 5.44. The second-order valence-corrected chi connectivity index (χ2v) is 7.40. The van der Waals surface area contributed by atoms with Crippen LogP contribution in [0.4, 0.5) is 5.95 Å². The van der Waals surface area contributed by atoms with Crippen LogP contribution >= 0.6 is 0 Å². The highest BCUT2D eigenvalue weighted by molar-refractivity contribution is 5.80. The van der Waals surface area contributed by atoms with E-state index in [0.717, 1.165) is 51.6 Å². The molecule has 1 aromatic carbocycles. The summed E-state index contributed by atoms with van der Waals surface area (Å²) in [6.45, 7) is 6.35. The molecule has 0 unspecified atom stereocenters. The van der Waals surface area contributed by atoms with Gasteiger partial charge in [0, 0.05) is 69.8 Å². The van der Waals surface area contributed by atoms with Crippen molar-refractivity contribution in [2.45, 2.75) is 19.4 Å². The lowest BCUT2D eigenvalue weighted by Crippen LogP contribution is -2.47. The predicted octanol–water partition coefficient (Wildman–Crippen LogP) is 2.15. The fourth-order valence-electron chi connectivity index (χ4n) is 3.80. The van der Waals surface area contributed by atoms with E-state index in [-0.39, 0.29) is 5.91 Å². The molecular weight excluding hydrogens is 364 g/mol. The molecule has 1 saturated heterocycles. The number of aromatic nitrogens is 3. The Balaban J connectivity index is 1.11. The van der Waals surface area contributed by atoms with Gasteiger partial charge in [0.1, 0.15) is 0 Å². The van der Waals surface area contributed by atoms with E-state index in [2.05, 4.69) is 54.0 Å². The Hall–Kier alpha value is -2.93. The SMILES string of the molecule is O=C(CCn1ccc2ccccc21)NCCCN1CCN(c2ncccn2)CC1. The summed E-state index contributed by atoms with van der Waals surface area (Å²) in [5.41, 5.74) is 1.18. The number of carbonyl (C=O) groups is 1. The molecule has 152 valence electrons. The molecular formula is C22H28N6O. The molecule has 1 fully saturated rings. The molecule has 7 heteroatoms. The fourth-order valence-corrected chi connectivity index (χ4v) is 3.80. The maximum absolute atomic E-state index is 12.2. The van der Waals surface area contributed by atoms with E-state index in [0.29, 0.717) is 13.0 Å². The lowest BCUT2D eigenvalue weighted by molar-refractivity contribution is -0.121. The Kier molecular flexibility index (Phi) is 6.36. The zero-order valence-electron chi connectivity index (χ0n) is 16.7. The first kappa shape index (κ1) is 19.4. The van der Waals surface area contributed by atoms with Gasteiger partial charge in [-0.05, 0) is 36.6 Å². The van der Waals surface area contributed by atoms with Gasteiger partial charge in [0.05, 0.1) is 0 Å². The first-order valence-corrected chi connectivity index (χ1v) is 10.3. The number of amides is 1. The normalized spacial score (nSPS) is 15.0. The summed E-state index contributed by atoms with van der Waals surface area (Å²) in [6, 6.07) is 12.2. The highest BCUT2D eigenvalue weighted by Gasteiger charge is 2.18. The molecule has 3 aromatic rings. The molecule has 0 atom stereocenters. The molecule has 0 radical (unpaired) electrons. The minimum Gasteiger partial charge on any atom is -0.356 e. The van der Waals surface area contributed by atoms with Crippen LogP contribution in [-0.4, -0.2) is 64.6 Å². The molecule has 4 rings (SSSR count). The third-order valence-electron chi connectivity index (χ3n) is 5.44. The van der Waals surface area contributed by atoms with Crippen LogP contribution in [0.3, 0.4) is 0 Å². The van der Waals surface area contributed by atoms with Gasteiger partial charge >= 0.3 is 0 Å². The number of fused-ring (bicyclic) bond motifs is 1. The molecule has 29 heavy (non-hydrogen) atoms. The monoisotopic (exact) mass is 392 g/mol. The van der Waals surface area contributed by atoms with Gasteiger partial charge in [-0.3, -0.25) is 9.69 Å². The Morgan fingerprint density at radius 2 is 1.76 bits per heavy atom. The number of rotatable bonds is 8. The van der Waals surface area contributed by atoms with Gasteiger partial charge in [-0.15, -0.1) is 0 Å². The van der Waals surface area contributed by atoms with Crippen molar-refractivity contribution < 1.29 is 4.79 Å². The molecule has 1 N–H and O–H groups in total. The molecule has 7 nitrogen and oxygen atoms in total. The average Bonchev–Trinajstić information content (AvgIpc) is 3.19. The summed E-state index contributed by atoms with van der Waals surface area (Å²) in [4.78, 5) is 25.5. The zero-order chi connectivity index (χ0) is 19.9. The van der Waals surface area contributed by atoms with Gasteiger partial charge in [-0.2, -0.15) is 0 Å². The lowest BCUT2D eigenvalue weighted by atomic mass is 10.2. The highest BCUT2D eigenvalue weighted by Crippen LogP contribution is 2.15. The van der Waals surface area contributed by atoms with Crippen molar-refractivity contribution in [3.63, 3.8) is 0 Å². The molecule has 0 aliphatic carbocycles. The number of benzene rings is 1. The second-order valence-electron chi connectivity index (χ2n) is 7.40. The molecule has 0 bridgehead atoms. The molecule has 0 spiro atoms. The average molecular weight is 393 g/mol. The Labute approximate surface area is 171 Å². The van der Waals surface area contributed by atoms with Crippen LogP contribution in [0, 0.1) is 0 Å². The van der Waals surface area contributed by atoms with Gasteiger partial charge in [0.15, 0.2) is 0 Å². The van der Waals surface area contributed by atoms with E-state index in [1.54, 1.807) is 12.4 Å². The zero-order valence-corrected chi connectivity index (χ0v) is 16.7. The van der Waals surface area contributed by atoms with Crippen LogP contribution in [0.5, 0.6) is 0 Å². The highest BCUT2D eigenvalue weighted by atomic mass is 16.1. The molecule has 3 heterocycles. The summed E-state index contributed by atoms with van der Waals surface area (Å²) in [7, 11) is 0. The van der Waals surface area contributed by atoms with E-state index in [1.807, 2.05) is 18.2 Å². The number of aryl methyl sites for hydroxylation is 1. The van der Waals surface area contributed by atoms with Crippen LogP contribution < -0.4 is 10.2 Å². The van der Waals surface area contributed by atoms with Gasteiger partial charge in [0.2, 0.25) is 11.9 Å². The molecule has 1 amide bonds. The van der Waals surface area contributed by atoms with E-state index >= 15 is 0 Å². The number of nitrogens with one attached hydrogen (secondary N) is 1. The number of nitrogens with zero attached hydrogens (tertiary/aromatic N) is 5. The smallest absolute Gasteiger partial charge is 0.225 e. The van der Waals surface area contributed by atoms with Crippen molar-refractivity contribution in [1.29, 1.82) is 0 Å². The summed E-state index contributed by atoms with van der Waals surface area (Å²) in [6.07, 6.45) is 7.11. The van der Waals surface area contributed by atoms with E-state index in [9.17, 15) is 4.79 Å². The van der Waals surface area contributed by atoms with Crippen LogP contribution in [-0.2, 0) is 11.3 Å². The fraction of sp³-hybridized carbons (Fsp3) is 0.409. The second kappa shape index (κ2) is 9.52. The van der Waals surface area contributed by atoms with Crippen molar-refractivity contribution in [3.8, 4) is 0 Å². The summed E-state index contributed by atoms with van der Waals surface area (Å²) in [5, 5.41) is 4.27. The summed E-state index contributed by atoms with van der Waals surface area (Å²) in [5.74, 6) is 0.934. The van der Waals surface area contributed by atoms with Crippen LogP contribution in [0.1, 0.15) is 12.8 Å². The van der Waals surface area contributed by atoms with Crippen LogP contribution in [0.15, 0.2) is 55.0 Å². The number of piperazine rings is 1. The number of para-hydroxylation sites is 1. The number of carbonyl (C=O) groups excluding carboxylic acids is 1. The predicted molar refractivity (Wildman–Crippen MR) is 115 cm³/mol. The lowest BCUT2D eigenvalue weighted by Gasteiger charge is -2.34. The maximum atomic E-state index is 12.2. The Bertz CT molecular complexity index is 917. The largest absolute Gasteiger partial charge is 0.356 e. The molecule has 2 aromatic heterocycles. The summed E-state index contributed by atoms with van der Waals surface area (Å²) < 4.78 is 2.14. The minimum atomic E-state index is 0.119. The van der Waals surface area contributed by atoms with Crippen molar-refractivity contribution >= 4 is 22.8 Å². The Morgan fingerprint density at radius 3 is 2.59 bits per heavy atom. The van der Waals surface area contributed by atoms with Crippen molar-refractivity contribution in [3.05, 3.63) is 55.0 Å². The van der Waals surface area contributed by atoms with Crippen LogP contribution in [0.2, 0.25) is 0 Å². The number of hydrogen-bond donors (Lipinski definition) is 1. The molecule has 1 aliphatic rings. The first-order chi connectivity index (χ1) is 14.3. The van der Waals surface area contributed by atoms with Gasteiger partial charge in [0.25, 0.3) is 0 Å². The van der Waals surface area contributed by atoms with Gasteiger partial charge in [-0.25, -0.2) is 9.97 Å². The van der Waals surface area contributed by atoms with E-state index in [1.165, 1.54) is 10.9 Å². The van der Waals surface area contributed by atoms with Crippen molar-refractivity contribution in [2.24, 2.45) is 0 Å². The van der Waals surface area contributed by atoms with E-state index < -0.39 is 0 Å². The van der Waals surface area contributed by atoms with Crippen molar-refractivity contribution in [1.82, 2.24) is 24.8 Å². The van der Waals surface area contributed by atoms with Crippen molar-refractivity contribution in [2.75, 3.05) is 44.2 Å². The number of hydrogen-bond acceptors (Lipinski definition) is 5. The van der Waals surface area contributed by atoms with Gasteiger partial charge < -0.3 is 14.8 Å². The molecule has 0 saturated carbocycles. The number of anilines is 1. The molecule has 1 aliphatic heterocycles. The van der Waals surface area contributed by atoms with E-state index in [4.69, 9.17) is 0 Å². The third kappa shape index (κ3) is 5.12. The van der Waals surface area contributed by atoms with Crippen LogP contribution in [0.25, 0.3) is 10.9 Å². The summed E-state index contributed by atoms with van der Waals surface area (Å²) >= 11 is 0.